The number of hydrogen-bond donors (Lipinski definition) is 0. The van der Waals surface area contributed by atoms with Crippen LogP contribution in [-0.2, 0) is 14.4 Å². The van der Waals surface area contributed by atoms with E-state index in [9.17, 15) is 4.79 Å². The molecule has 0 heterocycles. The van der Waals surface area contributed by atoms with Gasteiger partial charge >= 0.3 is 5.97 Å². The minimum absolute atomic E-state index is 0.258. The Bertz CT molecular complexity index is 740. The summed E-state index contributed by atoms with van der Waals surface area (Å²) in [4.78, 5) is 16.6. The summed E-state index contributed by atoms with van der Waals surface area (Å²) < 4.78 is 16.1. The Labute approximate surface area is 157 Å². The summed E-state index contributed by atoms with van der Waals surface area (Å²) in [7, 11) is 0. The summed E-state index contributed by atoms with van der Waals surface area (Å²) in [5, 5.41) is 4.31. The highest BCUT2D eigenvalue weighted by atomic mass is 35.5. The van der Waals surface area contributed by atoms with Crippen molar-refractivity contribution in [3.05, 3.63) is 53.6 Å². The maximum Gasteiger partial charge on any atom is 0.349 e. The lowest BCUT2D eigenvalue weighted by Gasteiger charge is -2.14. The number of esters is 1. The van der Waals surface area contributed by atoms with E-state index in [0.29, 0.717) is 22.3 Å². The van der Waals surface area contributed by atoms with Gasteiger partial charge < -0.3 is 19.0 Å². The molecular formula is C19H20ClNO5. The van der Waals surface area contributed by atoms with Crippen molar-refractivity contribution < 1.29 is 23.8 Å². The fourth-order valence-electron chi connectivity index (χ4n) is 1.83. The quantitative estimate of drug-likeness (QED) is 0.217. The molecule has 0 aromatic heterocycles. The fourth-order valence-corrected chi connectivity index (χ4v) is 1.96. The van der Waals surface area contributed by atoms with Crippen LogP contribution in [0.1, 0.15) is 20.8 Å². The third kappa shape index (κ3) is 6.64. The Morgan fingerprint density at radius 3 is 2.12 bits per heavy atom. The zero-order valence-corrected chi connectivity index (χ0v) is 15.5. The minimum atomic E-state index is -0.784. The van der Waals surface area contributed by atoms with Crippen LogP contribution in [0.3, 0.4) is 0 Å². The van der Waals surface area contributed by atoms with Crippen molar-refractivity contribution in [2.45, 2.75) is 26.9 Å². The largest absolute Gasteiger partial charge is 0.479 e. The van der Waals surface area contributed by atoms with Gasteiger partial charge in [-0.15, -0.1) is 0 Å². The van der Waals surface area contributed by atoms with Gasteiger partial charge in [-0.3, -0.25) is 0 Å². The van der Waals surface area contributed by atoms with E-state index in [1.807, 2.05) is 0 Å². The average Bonchev–Trinajstić information content (AvgIpc) is 2.62. The lowest BCUT2D eigenvalue weighted by atomic mass is 10.3. The molecule has 0 aliphatic heterocycles. The van der Waals surface area contributed by atoms with Crippen LogP contribution < -0.4 is 9.47 Å². The Kier molecular flexibility index (Phi) is 7.29. The zero-order valence-electron chi connectivity index (χ0n) is 14.8. The maximum absolute atomic E-state index is 11.8. The molecule has 0 bridgehead atoms. The van der Waals surface area contributed by atoms with Crippen molar-refractivity contribution in [2.24, 2.45) is 5.16 Å². The molecule has 2 aromatic carbocycles. The van der Waals surface area contributed by atoms with Gasteiger partial charge in [-0.25, -0.2) is 4.79 Å². The first-order valence-electron chi connectivity index (χ1n) is 7.94. The van der Waals surface area contributed by atoms with Crippen LogP contribution in [0.15, 0.2) is 53.7 Å². The molecule has 1 atom stereocenters. The second-order valence-electron chi connectivity index (χ2n) is 5.54. The van der Waals surface area contributed by atoms with Gasteiger partial charge in [0.2, 0.25) is 0 Å². The monoisotopic (exact) mass is 377 g/mol. The third-order valence-corrected chi connectivity index (χ3v) is 3.27. The smallest absolute Gasteiger partial charge is 0.349 e. The van der Waals surface area contributed by atoms with Gasteiger partial charge in [-0.1, -0.05) is 16.8 Å². The van der Waals surface area contributed by atoms with Gasteiger partial charge in [0.1, 0.15) is 17.2 Å². The molecule has 0 spiro atoms. The molecule has 7 heteroatoms. The molecule has 0 aliphatic rings. The SMILES string of the molecule is CC(C)=NOCOC(=O)[C@@H](C)Oc1ccc(Oc2ccc(Cl)cc2)cc1. The van der Waals surface area contributed by atoms with E-state index < -0.39 is 12.1 Å². The van der Waals surface area contributed by atoms with E-state index in [4.69, 9.17) is 30.6 Å². The summed E-state index contributed by atoms with van der Waals surface area (Å²) in [6, 6.07) is 13.9. The van der Waals surface area contributed by atoms with Crippen molar-refractivity contribution in [1.82, 2.24) is 0 Å². The first-order chi connectivity index (χ1) is 12.4. The highest BCUT2D eigenvalue weighted by molar-refractivity contribution is 6.30. The number of rotatable bonds is 8. The average molecular weight is 378 g/mol. The van der Waals surface area contributed by atoms with Gasteiger partial charge in [0.05, 0.1) is 5.71 Å². The second kappa shape index (κ2) is 9.68. The molecular weight excluding hydrogens is 358 g/mol. The van der Waals surface area contributed by atoms with Crippen molar-refractivity contribution in [2.75, 3.05) is 6.79 Å². The Balaban J connectivity index is 1.83. The van der Waals surface area contributed by atoms with Gasteiger partial charge in [0, 0.05) is 5.02 Å². The van der Waals surface area contributed by atoms with Crippen LogP contribution >= 0.6 is 11.6 Å². The van der Waals surface area contributed by atoms with Crippen LogP contribution in [0.4, 0.5) is 0 Å². The summed E-state index contributed by atoms with van der Waals surface area (Å²) in [6.45, 7) is 4.88. The van der Waals surface area contributed by atoms with Gasteiger partial charge in [0.25, 0.3) is 6.79 Å². The number of benzene rings is 2. The lowest BCUT2D eigenvalue weighted by Crippen LogP contribution is -2.26. The number of oxime groups is 1. The van der Waals surface area contributed by atoms with E-state index in [0.717, 1.165) is 5.71 Å². The molecule has 0 unspecified atom stereocenters. The molecule has 2 aromatic rings. The number of hydrogen-bond acceptors (Lipinski definition) is 6. The topological polar surface area (TPSA) is 66.4 Å². The highest BCUT2D eigenvalue weighted by Crippen LogP contribution is 2.25. The lowest BCUT2D eigenvalue weighted by molar-refractivity contribution is -0.163. The number of carbonyl (C=O) groups is 1. The molecule has 2 rings (SSSR count). The molecule has 0 aliphatic carbocycles. The van der Waals surface area contributed by atoms with E-state index >= 15 is 0 Å². The molecule has 0 fully saturated rings. The Morgan fingerprint density at radius 1 is 1.00 bits per heavy atom. The first kappa shape index (κ1) is 19.6. The van der Waals surface area contributed by atoms with Crippen molar-refractivity contribution in [3.63, 3.8) is 0 Å². The van der Waals surface area contributed by atoms with Gasteiger partial charge in [-0.05, 0) is 69.3 Å². The fraction of sp³-hybridized carbons (Fsp3) is 0.263. The Morgan fingerprint density at radius 2 is 1.54 bits per heavy atom. The molecule has 138 valence electrons. The second-order valence-corrected chi connectivity index (χ2v) is 5.97. The molecule has 0 radical (unpaired) electrons. The predicted octanol–water partition coefficient (Wildman–Crippen LogP) is 4.81. The number of carbonyl (C=O) groups excluding carboxylic acids is 1. The van der Waals surface area contributed by atoms with Crippen LogP contribution in [0, 0.1) is 0 Å². The highest BCUT2D eigenvalue weighted by Gasteiger charge is 2.16. The summed E-state index contributed by atoms with van der Waals surface area (Å²) in [5.41, 5.74) is 0.728. The molecule has 6 nitrogen and oxygen atoms in total. The van der Waals surface area contributed by atoms with Crippen LogP contribution in [0.25, 0.3) is 0 Å². The van der Waals surface area contributed by atoms with E-state index in [1.54, 1.807) is 69.3 Å². The van der Waals surface area contributed by atoms with Crippen molar-refractivity contribution in [1.29, 1.82) is 0 Å². The van der Waals surface area contributed by atoms with Crippen LogP contribution in [0.5, 0.6) is 17.2 Å². The molecule has 0 saturated heterocycles. The first-order valence-corrected chi connectivity index (χ1v) is 8.32. The van der Waals surface area contributed by atoms with E-state index in [-0.39, 0.29) is 6.79 Å². The molecule has 0 amide bonds. The Hall–Kier alpha value is -2.73. The molecule has 26 heavy (non-hydrogen) atoms. The standard InChI is InChI=1S/C19H20ClNO5/c1-13(2)21-24-12-23-19(22)14(3)25-16-8-10-18(11-9-16)26-17-6-4-15(20)5-7-17/h4-11,14H,12H2,1-3H3/t14-/m1/s1. The van der Waals surface area contributed by atoms with Gasteiger partial charge in [-0.2, -0.15) is 0 Å². The van der Waals surface area contributed by atoms with Crippen molar-refractivity contribution >= 4 is 23.3 Å². The number of nitrogens with zero attached hydrogens (tertiary/aromatic N) is 1. The number of halogens is 1. The molecule has 0 saturated carbocycles. The minimum Gasteiger partial charge on any atom is -0.479 e. The van der Waals surface area contributed by atoms with E-state index in [1.165, 1.54) is 0 Å². The zero-order chi connectivity index (χ0) is 18.9. The summed E-state index contributed by atoms with van der Waals surface area (Å²) in [6.07, 6.45) is -0.784. The predicted molar refractivity (Wildman–Crippen MR) is 98.9 cm³/mol. The van der Waals surface area contributed by atoms with Crippen LogP contribution in [0.2, 0.25) is 5.02 Å². The summed E-state index contributed by atoms with van der Waals surface area (Å²) in [5.74, 6) is 1.28. The third-order valence-electron chi connectivity index (χ3n) is 3.02. The summed E-state index contributed by atoms with van der Waals surface area (Å²) >= 11 is 5.84. The normalized spacial score (nSPS) is 11.2. The molecule has 0 N–H and O–H groups in total. The maximum atomic E-state index is 11.8. The van der Waals surface area contributed by atoms with Gasteiger partial charge in [0.15, 0.2) is 6.10 Å². The van der Waals surface area contributed by atoms with E-state index in [2.05, 4.69) is 5.16 Å². The van der Waals surface area contributed by atoms with Crippen LogP contribution in [-0.4, -0.2) is 24.6 Å². The van der Waals surface area contributed by atoms with Crippen molar-refractivity contribution in [3.8, 4) is 17.2 Å². The number of ether oxygens (including phenoxy) is 3.